The normalized spacial score (nSPS) is 18.3. The highest BCUT2D eigenvalue weighted by Gasteiger charge is 2.28. The number of ether oxygens (including phenoxy) is 1. The molecule has 0 bridgehead atoms. The fourth-order valence-electron chi connectivity index (χ4n) is 2.51. The smallest absolute Gasteiger partial charge is 0.245 e. The molecule has 1 heterocycles. The molecule has 0 radical (unpaired) electrons. The van der Waals surface area contributed by atoms with Crippen molar-refractivity contribution in [2.75, 3.05) is 5.32 Å². The Morgan fingerprint density at radius 1 is 1.38 bits per heavy atom. The van der Waals surface area contributed by atoms with Crippen molar-refractivity contribution in [2.24, 2.45) is 5.73 Å². The molecule has 4 nitrogen and oxygen atoms in total. The maximum Gasteiger partial charge on any atom is 0.245 e. The molecule has 5 heteroatoms. The highest BCUT2D eigenvalue weighted by atomic mass is 35.5. The van der Waals surface area contributed by atoms with Gasteiger partial charge in [0.25, 0.3) is 0 Å². The lowest BCUT2D eigenvalue weighted by Gasteiger charge is -2.16. The summed E-state index contributed by atoms with van der Waals surface area (Å²) in [7, 11) is 0. The van der Waals surface area contributed by atoms with Crippen LogP contribution in [0.4, 0.5) is 5.69 Å². The van der Waals surface area contributed by atoms with E-state index in [1.807, 2.05) is 6.92 Å². The number of anilines is 1. The molecular weight excluding hydrogens is 288 g/mol. The van der Waals surface area contributed by atoms with Crippen LogP contribution < -0.4 is 15.8 Å². The first-order valence-corrected chi connectivity index (χ1v) is 7.97. The van der Waals surface area contributed by atoms with Crippen LogP contribution in [0.25, 0.3) is 0 Å². The predicted molar refractivity (Wildman–Crippen MR) is 85.9 cm³/mol. The van der Waals surface area contributed by atoms with E-state index in [4.69, 9.17) is 22.1 Å². The van der Waals surface area contributed by atoms with Crippen LogP contribution in [0.1, 0.15) is 57.6 Å². The average molecular weight is 311 g/mol. The minimum Gasteiger partial charge on any atom is -0.489 e. The van der Waals surface area contributed by atoms with Crippen molar-refractivity contribution >= 4 is 23.2 Å². The number of benzene rings is 1. The summed E-state index contributed by atoms with van der Waals surface area (Å²) in [6, 6.07) is 2.85. The second kappa shape index (κ2) is 7.14. The Labute approximate surface area is 131 Å². The molecule has 0 spiro atoms. The molecule has 2 unspecified atom stereocenters. The van der Waals surface area contributed by atoms with Gasteiger partial charge in [-0.25, -0.2) is 0 Å². The molecule has 0 aromatic heterocycles. The van der Waals surface area contributed by atoms with Gasteiger partial charge < -0.3 is 15.8 Å². The Kier molecular flexibility index (Phi) is 5.48. The molecular formula is C16H23ClN2O2. The average Bonchev–Trinajstić information content (AvgIpc) is 2.71. The van der Waals surface area contributed by atoms with Crippen LogP contribution in [-0.2, 0) is 4.79 Å². The molecule has 2 atom stereocenters. The first-order chi connectivity index (χ1) is 10.0. The SMILES string of the molecule is CCCCCCC(C)Oc1cc2c(cc1Cl)C(N)C(=O)N2. The number of hydrogen-bond donors (Lipinski definition) is 2. The molecule has 1 aliphatic heterocycles. The number of hydrogen-bond acceptors (Lipinski definition) is 3. The van der Waals surface area contributed by atoms with Gasteiger partial charge in [0.1, 0.15) is 11.8 Å². The van der Waals surface area contributed by atoms with Gasteiger partial charge in [-0.05, 0) is 25.8 Å². The molecule has 0 saturated heterocycles. The zero-order valence-corrected chi connectivity index (χ0v) is 13.4. The van der Waals surface area contributed by atoms with E-state index in [-0.39, 0.29) is 12.0 Å². The number of fused-ring (bicyclic) bond motifs is 1. The van der Waals surface area contributed by atoms with E-state index >= 15 is 0 Å². The molecule has 1 amide bonds. The summed E-state index contributed by atoms with van der Waals surface area (Å²) in [5.74, 6) is 0.402. The van der Waals surface area contributed by atoms with Crippen LogP contribution in [0.5, 0.6) is 5.75 Å². The second-order valence-electron chi connectivity index (χ2n) is 5.61. The van der Waals surface area contributed by atoms with Crippen LogP contribution in [0.3, 0.4) is 0 Å². The molecule has 0 aliphatic carbocycles. The summed E-state index contributed by atoms with van der Waals surface area (Å²) < 4.78 is 5.90. The third-order valence-electron chi connectivity index (χ3n) is 3.77. The lowest BCUT2D eigenvalue weighted by atomic mass is 10.1. The zero-order chi connectivity index (χ0) is 15.4. The summed E-state index contributed by atoms with van der Waals surface area (Å²) in [4.78, 5) is 11.6. The number of halogens is 1. The quantitative estimate of drug-likeness (QED) is 0.747. The summed E-state index contributed by atoms with van der Waals surface area (Å²) in [5.41, 5.74) is 7.22. The van der Waals surface area contributed by atoms with E-state index in [0.29, 0.717) is 16.5 Å². The Balaban J connectivity index is 1.98. The van der Waals surface area contributed by atoms with Gasteiger partial charge in [0.2, 0.25) is 5.91 Å². The lowest BCUT2D eigenvalue weighted by Crippen LogP contribution is -2.19. The number of carbonyl (C=O) groups excluding carboxylic acids is 1. The van der Waals surface area contributed by atoms with E-state index in [2.05, 4.69) is 12.2 Å². The molecule has 3 N–H and O–H groups in total. The van der Waals surface area contributed by atoms with E-state index in [1.54, 1.807) is 12.1 Å². The zero-order valence-electron chi connectivity index (χ0n) is 12.6. The molecule has 2 rings (SSSR count). The van der Waals surface area contributed by atoms with Gasteiger partial charge in [-0.2, -0.15) is 0 Å². The molecule has 0 saturated carbocycles. The van der Waals surface area contributed by atoms with Crippen molar-refractivity contribution in [1.29, 1.82) is 0 Å². The molecule has 1 aromatic carbocycles. The van der Waals surface area contributed by atoms with Crippen LogP contribution in [0, 0.1) is 0 Å². The van der Waals surface area contributed by atoms with Gasteiger partial charge in [-0.3, -0.25) is 4.79 Å². The standard InChI is InChI=1S/C16H23ClN2O2/c1-3-4-5-6-7-10(2)21-14-9-13-11(8-12(14)17)15(18)16(20)19-13/h8-10,15H,3-7,18H2,1-2H3,(H,19,20). The maximum atomic E-state index is 11.6. The van der Waals surface area contributed by atoms with Crippen LogP contribution >= 0.6 is 11.6 Å². The molecule has 116 valence electrons. The van der Waals surface area contributed by atoms with Crippen LogP contribution in [0.2, 0.25) is 5.02 Å². The first kappa shape index (κ1) is 16.1. The molecule has 1 aromatic rings. The number of nitrogens with two attached hydrogens (primary N) is 1. The van der Waals surface area contributed by atoms with Crippen molar-refractivity contribution < 1.29 is 9.53 Å². The number of amides is 1. The number of nitrogens with one attached hydrogen (secondary N) is 1. The van der Waals surface area contributed by atoms with Gasteiger partial charge in [0.15, 0.2) is 0 Å². The molecule has 0 fully saturated rings. The third kappa shape index (κ3) is 3.89. The summed E-state index contributed by atoms with van der Waals surface area (Å²) in [5, 5.41) is 3.25. The Bertz CT molecular complexity index is 519. The number of rotatable bonds is 7. The second-order valence-corrected chi connectivity index (χ2v) is 6.02. The van der Waals surface area contributed by atoms with Crippen molar-refractivity contribution in [1.82, 2.24) is 0 Å². The van der Waals surface area contributed by atoms with Crippen LogP contribution in [-0.4, -0.2) is 12.0 Å². The molecule has 21 heavy (non-hydrogen) atoms. The topological polar surface area (TPSA) is 64.3 Å². The number of carbonyl (C=O) groups is 1. The minimum atomic E-state index is -0.641. The molecule has 1 aliphatic rings. The van der Waals surface area contributed by atoms with E-state index in [0.717, 1.165) is 18.4 Å². The fraction of sp³-hybridized carbons (Fsp3) is 0.562. The largest absolute Gasteiger partial charge is 0.489 e. The van der Waals surface area contributed by atoms with Gasteiger partial charge in [-0.15, -0.1) is 0 Å². The highest BCUT2D eigenvalue weighted by Crippen LogP contribution is 2.38. The minimum absolute atomic E-state index is 0.100. The fourth-order valence-corrected chi connectivity index (χ4v) is 2.73. The summed E-state index contributed by atoms with van der Waals surface area (Å²) in [6.07, 6.45) is 5.97. The van der Waals surface area contributed by atoms with Gasteiger partial charge in [0.05, 0.1) is 11.1 Å². The summed E-state index contributed by atoms with van der Waals surface area (Å²) >= 11 is 6.23. The highest BCUT2D eigenvalue weighted by molar-refractivity contribution is 6.32. The van der Waals surface area contributed by atoms with Crippen molar-refractivity contribution in [2.45, 2.75) is 58.1 Å². The van der Waals surface area contributed by atoms with Crippen molar-refractivity contribution in [3.8, 4) is 5.75 Å². The van der Waals surface area contributed by atoms with E-state index in [9.17, 15) is 4.79 Å². The van der Waals surface area contributed by atoms with Gasteiger partial charge >= 0.3 is 0 Å². The van der Waals surface area contributed by atoms with Crippen molar-refractivity contribution in [3.05, 3.63) is 22.7 Å². The predicted octanol–water partition coefficient (Wildman–Crippen LogP) is 4.03. The Morgan fingerprint density at radius 2 is 2.14 bits per heavy atom. The number of unbranched alkanes of at least 4 members (excludes halogenated alkanes) is 3. The monoisotopic (exact) mass is 310 g/mol. The maximum absolute atomic E-state index is 11.6. The van der Waals surface area contributed by atoms with Gasteiger partial charge in [-0.1, -0.05) is 37.8 Å². The van der Waals surface area contributed by atoms with Crippen LogP contribution in [0.15, 0.2) is 12.1 Å². The third-order valence-corrected chi connectivity index (χ3v) is 4.07. The Hall–Kier alpha value is -1.26. The lowest BCUT2D eigenvalue weighted by molar-refractivity contribution is -0.116. The van der Waals surface area contributed by atoms with E-state index in [1.165, 1.54) is 19.3 Å². The van der Waals surface area contributed by atoms with Gasteiger partial charge in [0, 0.05) is 17.3 Å². The summed E-state index contributed by atoms with van der Waals surface area (Å²) in [6.45, 7) is 4.24. The van der Waals surface area contributed by atoms with E-state index < -0.39 is 6.04 Å². The Morgan fingerprint density at radius 3 is 2.86 bits per heavy atom. The first-order valence-electron chi connectivity index (χ1n) is 7.59. The van der Waals surface area contributed by atoms with Crippen molar-refractivity contribution in [3.63, 3.8) is 0 Å².